The smallest absolute Gasteiger partial charge is 0.218 e. The quantitative estimate of drug-likeness (QED) is 0.564. The van der Waals surface area contributed by atoms with Gasteiger partial charge in [0, 0.05) is 18.7 Å². The van der Waals surface area contributed by atoms with Crippen LogP contribution in [0, 0.1) is 0 Å². The van der Waals surface area contributed by atoms with E-state index in [1.165, 1.54) is 0 Å². The van der Waals surface area contributed by atoms with Gasteiger partial charge in [-0.15, -0.1) is 0 Å². The third kappa shape index (κ3) is 8.36. The molecule has 1 aromatic rings. The van der Waals surface area contributed by atoms with Crippen molar-refractivity contribution in [3.8, 4) is 0 Å². The zero-order valence-electron chi connectivity index (χ0n) is 7.44. The number of para-hydroxylation sites is 1. The number of hydrogen-bond donors (Lipinski definition) is 3. The van der Waals surface area contributed by atoms with E-state index >= 15 is 0 Å². The Balaban J connectivity index is 0.000000226. The van der Waals surface area contributed by atoms with Gasteiger partial charge >= 0.3 is 0 Å². The molecule has 0 atom stereocenters. The van der Waals surface area contributed by atoms with Crippen molar-refractivity contribution in [2.24, 2.45) is 11.5 Å². The molecule has 0 aliphatic rings. The number of carbonyl (C=O) groups excluding carboxylic acids is 1. The Morgan fingerprint density at radius 2 is 1.77 bits per heavy atom. The first-order valence-corrected chi connectivity index (χ1v) is 3.95. The lowest BCUT2D eigenvalue weighted by Gasteiger charge is -1.83. The molecular weight excluding hydrogens is 166 g/mol. The second kappa shape index (κ2) is 7.12. The molecule has 1 rings (SSSR count). The monoisotopic (exact) mass is 181 g/mol. The summed E-state index contributed by atoms with van der Waals surface area (Å²) in [5.41, 5.74) is 15.8. The second-order valence-corrected chi connectivity index (χ2v) is 2.42. The maximum atomic E-state index is 9.74. The summed E-state index contributed by atoms with van der Waals surface area (Å²) in [6.45, 7) is 0.356. The van der Waals surface area contributed by atoms with Gasteiger partial charge in [0.05, 0.1) is 0 Å². The van der Waals surface area contributed by atoms with Gasteiger partial charge < -0.3 is 17.2 Å². The molecule has 0 fully saturated rings. The van der Waals surface area contributed by atoms with Gasteiger partial charge in [0.2, 0.25) is 5.91 Å². The first kappa shape index (κ1) is 11.4. The second-order valence-electron chi connectivity index (χ2n) is 2.42. The molecule has 0 saturated carbocycles. The number of nitrogen functional groups attached to an aromatic ring is 1. The van der Waals surface area contributed by atoms with Gasteiger partial charge in [-0.05, 0) is 12.1 Å². The lowest BCUT2D eigenvalue weighted by molar-refractivity contribution is -0.117. The lowest BCUT2D eigenvalue weighted by atomic mass is 10.3. The van der Waals surface area contributed by atoms with Crippen LogP contribution in [0.3, 0.4) is 0 Å². The summed E-state index contributed by atoms with van der Waals surface area (Å²) in [7, 11) is 0. The van der Waals surface area contributed by atoms with Crippen LogP contribution in [0.5, 0.6) is 0 Å². The van der Waals surface area contributed by atoms with Gasteiger partial charge in [-0.1, -0.05) is 18.2 Å². The van der Waals surface area contributed by atoms with Gasteiger partial charge in [-0.2, -0.15) is 0 Å². The van der Waals surface area contributed by atoms with E-state index in [9.17, 15) is 4.79 Å². The SMILES string of the molecule is NCCC(N)=O.Nc1ccccc1. The molecule has 6 N–H and O–H groups in total. The predicted octanol–water partition coefficient (Wildman–Crippen LogP) is 0.0893. The average molecular weight is 181 g/mol. The Morgan fingerprint density at radius 1 is 1.23 bits per heavy atom. The van der Waals surface area contributed by atoms with Crippen LogP contribution in [0.15, 0.2) is 30.3 Å². The van der Waals surface area contributed by atoms with Crippen molar-refractivity contribution in [2.45, 2.75) is 6.42 Å². The molecule has 72 valence electrons. The first-order chi connectivity index (χ1) is 6.16. The van der Waals surface area contributed by atoms with Gasteiger partial charge in [0.1, 0.15) is 0 Å². The van der Waals surface area contributed by atoms with Crippen molar-refractivity contribution in [1.82, 2.24) is 0 Å². The van der Waals surface area contributed by atoms with E-state index in [1.54, 1.807) is 0 Å². The summed E-state index contributed by atoms with van der Waals surface area (Å²) in [6.07, 6.45) is 0.292. The molecule has 0 aromatic heterocycles. The molecule has 4 heteroatoms. The summed E-state index contributed by atoms with van der Waals surface area (Å²) in [6, 6.07) is 9.49. The minimum atomic E-state index is -0.336. The number of carbonyl (C=O) groups is 1. The van der Waals surface area contributed by atoms with E-state index in [4.69, 9.17) is 11.5 Å². The Hall–Kier alpha value is -1.55. The van der Waals surface area contributed by atoms with Crippen molar-refractivity contribution in [1.29, 1.82) is 0 Å². The number of amides is 1. The average Bonchev–Trinajstić information content (AvgIpc) is 2.06. The summed E-state index contributed by atoms with van der Waals surface area (Å²) < 4.78 is 0. The molecule has 0 aliphatic heterocycles. The third-order valence-electron chi connectivity index (χ3n) is 1.19. The minimum Gasteiger partial charge on any atom is -0.399 e. The fraction of sp³-hybridized carbons (Fsp3) is 0.222. The van der Waals surface area contributed by atoms with Crippen molar-refractivity contribution in [3.05, 3.63) is 30.3 Å². The van der Waals surface area contributed by atoms with Gasteiger partial charge in [0.15, 0.2) is 0 Å². The van der Waals surface area contributed by atoms with Crippen LogP contribution >= 0.6 is 0 Å². The lowest BCUT2D eigenvalue weighted by Crippen LogP contribution is -2.15. The largest absolute Gasteiger partial charge is 0.399 e. The molecule has 0 aliphatic carbocycles. The van der Waals surface area contributed by atoms with Crippen LogP contribution in [0.25, 0.3) is 0 Å². The molecule has 0 radical (unpaired) electrons. The molecule has 0 unspecified atom stereocenters. The van der Waals surface area contributed by atoms with Crippen LogP contribution in [-0.4, -0.2) is 12.5 Å². The number of nitrogens with two attached hydrogens (primary N) is 3. The summed E-state index contributed by atoms with van der Waals surface area (Å²) in [5, 5.41) is 0. The highest BCUT2D eigenvalue weighted by Gasteiger charge is 1.84. The number of benzene rings is 1. The Kier molecular flexibility index (Phi) is 6.27. The van der Waals surface area contributed by atoms with Crippen LogP contribution in [-0.2, 0) is 4.79 Å². The number of primary amides is 1. The van der Waals surface area contributed by atoms with E-state index in [-0.39, 0.29) is 5.91 Å². The molecule has 1 amide bonds. The van der Waals surface area contributed by atoms with E-state index < -0.39 is 0 Å². The number of rotatable bonds is 2. The molecule has 1 aromatic carbocycles. The number of anilines is 1. The molecule has 0 saturated heterocycles. The molecule has 0 heterocycles. The normalized spacial score (nSPS) is 8.38. The maximum Gasteiger partial charge on any atom is 0.218 e. The minimum absolute atomic E-state index is 0.292. The van der Waals surface area contributed by atoms with Crippen LogP contribution < -0.4 is 17.2 Å². The highest BCUT2D eigenvalue weighted by molar-refractivity contribution is 5.73. The summed E-state index contributed by atoms with van der Waals surface area (Å²) >= 11 is 0. The molecule has 13 heavy (non-hydrogen) atoms. The Labute approximate surface area is 77.7 Å². The van der Waals surface area contributed by atoms with E-state index in [1.807, 2.05) is 30.3 Å². The fourth-order valence-corrected chi connectivity index (χ4v) is 0.595. The van der Waals surface area contributed by atoms with Crippen molar-refractivity contribution < 1.29 is 4.79 Å². The van der Waals surface area contributed by atoms with Crippen molar-refractivity contribution in [3.63, 3.8) is 0 Å². The van der Waals surface area contributed by atoms with Crippen molar-refractivity contribution >= 4 is 11.6 Å². The topological polar surface area (TPSA) is 95.1 Å². The molecular formula is C9H15N3O. The zero-order chi connectivity index (χ0) is 10.1. The predicted molar refractivity (Wildman–Crippen MR) is 53.7 cm³/mol. The maximum absolute atomic E-state index is 9.74. The molecule has 4 nitrogen and oxygen atoms in total. The summed E-state index contributed by atoms with van der Waals surface area (Å²) in [4.78, 5) is 9.74. The van der Waals surface area contributed by atoms with E-state index in [0.717, 1.165) is 5.69 Å². The van der Waals surface area contributed by atoms with Crippen LogP contribution in [0.4, 0.5) is 5.69 Å². The summed E-state index contributed by atoms with van der Waals surface area (Å²) in [5.74, 6) is -0.336. The van der Waals surface area contributed by atoms with E-state index in [2.05, 4.69) is 5.73 Å². The third-order valence-corrected chi connectivity index (χ3v) is 1.19. The van der Waals surface area contributed by atoms with Crippen LogP contribution in [0.2, 0.25) is 0 Å². The van der Waals surface area contributed by atoms with Gasteiger partial charge in [0.25, 0.3) is 0 Å². The Bertz CT molecular complexity index is 236. The highest BCUT2D eigenvalue weighted by atomic mass is 16.1. The zero-order valence-corrected chi connectivity index (χ0v) is 7.44. The van der Waals surface area contributed by atoms with Gasteiger partial charge in [-0.25, -0.2) is 0 Å². The standard InChI is InChI=1S/C6H7N.C3H8N2O/c7-6-4-2-1-3-5-6;4-2-1-3(5)6/h1-5H,7H2;1-2,4H2,(H2,5,6). The van der Waals surface area contributed by atoms with Crippen LogP contribution in [0.1, 0.15) is 6.42 Å². The van der Waals surface area contributed by atoms with Crippen molar-refractivity contribution in [2.75, 3.05) is 12.3 Å². The first-order valence-electron chi connectivity index (χ1n) is 3.95. The molecule has 0 spiro atoms. The van der Waals surface area contributed by atoms with E-state index in [0.29, 0.717) is 13.0 Å². The number of hydrogen-bond acceptors (Lipinski definition) is 3. The highest BCUT2D eigenvalue weighted by Crippen LogP contribution is 1.95. The Morgan fingerprint density at radius 3 is 1.92 bits per heavy atom. The van der Waals surface area contributed by atoms with Gasteiger partial charge in [-0.3, -0.25) is 4.79 Å². The fourth-order valence-electron chi connectivity index (χ4n) is 0.595. The molecule has 0 bridgehead atoms.